The molecular weight excluding hydrogens is 158 g/mol. The Morgan fingerprint density at radius 2 is 1.92 bits per heavy atom. The number of rotatable bonds is 0. The summed E-state index contributed by atoms with van der Waals surface area (Å²) in [5.41, 5.74) is 2.57. The molecule has 1 aromatic carbocycles. The molecule has 0 fully saturated rings. The van der Waals surface area contributed by atoms with Gasteiger partial charge in [-0.2, -0.15) is 0 Å². The van der Waals surface area contributed by atoms with Crippen LogP contribution < -0.4 is 0 Å². The summed E-state index contributed by atoms with van der Waals surface area (Å²) < 4.78 is 0. The molecule has 0 aliphatic rings. The molecule has 1 nitrogen and oxygen atoms in total. The van der Waals surface area contributed by atoms with Crippen molar-refractivity contribution in [3.63, 3.8) is 0 Å². The molecule has 0 aromatic heterocycles. The largest absolute Gasteiger partial charge is 0.310 e. The van der Waals surface area contributed by atoms with Gasteiger partial charge in [0.1, 0.15) is 5.56 Å². The fraction of sp³-hybridized carbons (Fsp3) is 0.417. The molecule has 68 valence electrons. The Morgan fingerprint density at radius 1 is 1.23 bits per heavy atom. The van der Waals surface area contributed by atoms with E-state index in [0.717, 1.165) is 5.56 Å². The van der Waals surface area contributed by atoms with Crippen molar-refractivity contribution in [2.45, 2.75) is 26.2 Å². The second kappa shape index (κ2) is 3.62. The standard InChI is InChI=1S/C12H16N/c1-12(2,3)11-7-5-6-10(8-11)9-13-4/h5-8H,1-4H3/q+1. The normalized spacial score (nSPS) is 10.5. The fourth-order valence-corrected chi connectivity index (χ4v) is 1.18. The molecule has 0 aliphatic carbocycles. The van der Waals surface area contributed by atoms with E-state index in [1.165, 1.54) is 5.56 Å². The Kier molecular flexibility index (Phi) is 2.72. The van der Waals surface area contributed by atoms with Crippen molar-refractivity contribution in [1.82, 2.24) is 0 Å². The van der Waals surface area contributed by atoms with Gasteiger partial charge in [-0.3, -0.25) is 0 Å². The highest BCUT2D eigenvalue weighted by molar-refractivity contribution is 5.37. The topological polar surface area (TPSA) is 4.36 Å². The van der Waals surface area contributed by atoms with Crippen LogP contribution in [0.15, 0.2) is 24.3 Å². The van der Waals surface area contributed by atoms with Crippen LogP contribution in [0.3, 0.4) is 0 Å². The predicted molar refractivity (Wildman–Crippen MR) is 57.4 cm³/mol. The summed E-state index contributed by atoms with van der Waals surface area (Å²) in [6.45, 7) is 6.61. The summed E-state index contributed by atoms with van der Waals surface area (Å²) >= 11 is 0. The van der Waals surface area contributed by atoms with Crippen LogP contribution in [0.1, 0.15) is 31.9 Å². The van der Waals surface area contributed by atoms with Crippen LogP contribution in [0.2, 0.25) is 0 Å². The minimum absolute atomic E-state index is 0.200. The number of hydrogen-bond acceptors (Lipinski definition) is 0. The van der Waals surface area contributed by atoms with E-state index in [1.807, 2.05) is 12.1 Å². The van der Waals surface area contributed by atoms with E-state index in [4.69, 9.17) is 0 Å². The minimum atomic E-state index is 0.200. The van der Waals surface area contributed by atoms with E-state index in [2.05, 4.69) is 43.8 Å². The van der Waals surface area contributed by atoms with Crippen molar-refractivity contribution >= 4 is 0 Å². The Bertz CT molecular complexity index is 347. The molecule has 13 heavy (non-hydrogen) atoms. The maximum Gasteiger partial charge on any atom is 0.310 e. The van der Waals surface area contributed by atoms with Crippen LogP contribution in [0.25, 0.3) is 4.85 Å². The van der Waals surface area contributed by atoms with E-state index in [1.54, 1.807) is 7.05 Å². The Morgan fingerprint density at radius 3 is 2.46 bits per heavy atom. The molecule has 0 unspecified atom stereocenters. The molecule has 0 spiro atoms. The Labute approximate surface area is 80.2 Å². The summed E-state index contributed by atoms with van der Waals surface area (Å²) in [4.78, 5) is 3.88. The van der Waals surface area contributed by atoms with Crippen molar-refractivity contribution < 1.29 is 0 Å². The monoisotopic (exact) mass is 174 g/mol. The number of hydrogen-bond donors (Lipinski definition) is 0. The molecule has 0 N–H and O–H groups in total. The summed E-state index contributed by atoms with van der Waals surface area (Å²) in [6.07, 6.45) is 0. The van der Waals surface area contributed by atoms with Crippen molar-refractivity contribution in [2.24, 2.45) is 0 Å². The third-order valence-electron chi connectivity index (χ3n) is 1.97. The van der Waals surface area contributed by atoms with E-state index in [-0.39, 0.29) is 5.41 Å². The molecule has 0 atom stereocenters. The van der Waals surface area contributed by atoms with Gasteiger partial charge in [-0.15, -0.1) is 0 Å². The zero-order valence-corrected chi connectivity index (χ0v) is 8.76. The Balaban J connectivity index is 3.10. The lowest BCUT2D eigenvalue weighted by atomic mass is 9.86. The Hall–Kier alpha value is -1.29. The SMILES string of the molecule is C[N+]#Cc1cccc(C(C)(C)C)c1. The maximum absolute atomic E-state index is 3.88. The molecule has 0 radical (unpaired) electrons. The lowest BCUT2D eigenvalue weighted by molar-refractivity contribution is 0.590. The van der Waals surface area contributed by atoms with Gasteiger partial charge in [0, 0.05) is 0 Å². The van der Waals surface area contributed by atoms with Crippen LogP contribution in [0.4, 0.5) is 0 Å². The number of benzene rings is 1. The van der Waals surface area contributed by atoms with E-state index in [9.17, 15) is 0 Å². The smallest absolute Gasteiger partial charge is 0.0813 e. The fourth-order valence-electron chi connectivity index (χ4n) is 1.18. The van der Waals surface area contributed by atoms with Crippen LogP contribution in [0, 0.1) is 6.07 Å². The van der Waals surface area contributed by atoms with Crippen molar-refractivity contribution in [1.29, 1.82) is 0 Å². The van der Waals surface area contributed by atoms with Gasteiger partial charge in [0.2, 0.25) is 0 Å². The van der Waals surface area contributed by atoms with Gasteiger partial charge in [0.05, 0.1) is 0 Å². The second-order valence-corrected chi connectivity index (χ2v) is 4.17. The van der Waals surface area contributed by atoms with Gasteiger partial charge < -0.3 is 0 Å². The molecule has 0 bridgehead atoms. The van der Waals surface area contributed by atoms with Gasteiger partial charge in [-0.05, 0) is 23.1 Å². The first kappa shape index (κ1) is 9.80. The summed E-state index contributed by atoms with van der Waals surface area (Å²) in [5.74, 6) is 0. The molecule has 1 aromatic rings. The molecule has 1 rings (SSSR count). The second-order valence-electron chi connectivity index (χ2n) is 4.17. The van der Waals surface area contributed by atoms with E-state index in [0.29, 0.717) is 0 Å². The van der Waals surface area contributed by atoms with Gasteiger partial charge in [-0.25, -0.2) is 0 Å². The quantitative estimate of drug-likeness (QED) is 0.568. The van der Waals surface area contributed by atoms with Crippen molar-refractivity contribution in [3.05, 3.63) is 40.2 Å². The molecule has 0 heterocycles. The zero-order chi connectivity index (χ0) is 9.90. The van der Waals surface area contributed by atoms with Gasteiger partial charge in [0.25, 0.3) is 7.05 Å². The molecule has 0 saturated heterocycles. The highest BCUT2D eigenvalue weighted by atomic mass is 14.6. The lowest BCUT2D eigenvalue weighted by Crippen LogP contribution is -2.10. The minimum Gasteiger partial charge on any atom is -0.0813 e. The summed E-state index contributed by atoms with van der Waals surface area (Å²) in [5, 5.41) is 0. The van der Waals surface area contributed by atoms with E-state index < -0.39 is 0 Å². The van der Waals surface area contributed by atoms with Crippen molar-refractivity contribution in [2.75, 3.05) is 7.05 Å². The third kappa shape index (κ3) is 2.59. The van der Waals surface area contributed by atoms with Gasteiger partial charge in [-0.1, -0.05) is 37.7 Å². The average molecular weight is 174 g/mol. The van der Waals surface area contributed by atoms with Crippen LogP contribution >= 0.6 is 0 Å². The van der Waals surface area contributed by atoms with E-state index >= 15 is 0 Å². The molecular formula is C12H16N+. The third-order valence-corrected chi connectivity index (χ3v) is 1.97. The van der Waals surface area contributed by atoms with Crippen molar-refractivity contribution in [3.8, 4) is 6.07 Å². The molecule has 1 heteroatoms. The van der Waals surface area contributed by atoms with Crippen LogP contribution in [-0.4, -0.2) is 7.05 Å². The zero-order valence-electron chi connectivity index (χ0n) is 8.76. The maximum atomic E-state index is 3.88. The van der Waals surface area contributed by atoms with Crippen LogP contribution in [0.5, 0.6) is 0 Å². The highest BCUT2D eigenvalue weighted by Crippen LogP contribution is 2.22. The first-order valence-corrected chi connectivity index (χ1v) is 4.49. The van der Waals surface area contributed by atoms with Crippen LogP contribution in [-0.2, 0) is 5.41 Å². The lowest BCUT2D eigenvalue weighted by Gasteiger charge is -2.18. The molecule has 0 aliphatic heterocycles. The summed E-state index contributed by atoms with van der Waals surface area (Å²) in [6, 6.07) is 11.3. The molecule has 0 amide bonds. The first-order valence-electron chi connectivity index (χ1n) is 4.49. The first-order chi connectivity index (χ1) is 6.04. The average Bonchev–Trinajstić information content (AvgIpc) is 2.04. The molecule has 0 saturated carbocycles. The predicted octanol–water partition coefficient (Wildman–Crippen LogP) is 3.29. The van der Waals surface area contributed by atoms with Gasteiger partial charge >= 0.3 is 6.07 Å². The number of nitrogens with zero attached hydrogens (tertiary/aromatic N) is 1. The van der Waals surface area contributed by atoms with Gasteiger partial charge in [0.15, 0.2) is 0 Å². The summed E-state index contributed by atoms with van der Waals surface area (Å²) in [7, 11) is 1.74. The highest BCUT2D eigenvalue weighted by Gasteiger charge is 2.13.